The van der Waals surface area contributed by atoms with Crippen LogP contribution in [0.25, 0.3) is 0 Å². The molecule has 120 valence electrons. The highest BCUT2D eigenvalue weighted by atomic mass is 35.5. The van der Waals surface area contributed by atoms with Crippen molar-refractivity contribution < 1.29 is 14.7 Å². The minimum Gasteiger partial charge on any atom is -0.480 e. The minimum atomic E-state index is -0.993. The van der Waals surface area contributed by atoms with E-state index in [1.165, 1.54) is 10.9 Å². The Morgan fingerprint density at radius 2 is 2.09 bits per heavy atom. The first-order chi connectivity index (χ1) is 10.9. The number of halogens is 2. The maximum absolute atomic E-state index is 12.2. The van der Waals surface area contributed by atoms with Crippen LogP contribution in [0.4, 0.5) is 5.82 Å². The molecule has 0 bridgehead atoms. The SMILES string of the molecule is O=C(O)Cn1ccc(NC(=O)C2CC2c2ccc(Cl)c(Cl)c2)n1. The number of benzene rings is 1. The summed E-state index contributed by atoms with van der Waals surface area (Å²) in [6.07, 6.45) is 2.24. The molecule has 3 rings (SSSR count). The molecule has 2 aromatic rings. The van der Waals surface area contributed by atoms with Crippen LogP contribution in [0.5, 0.6) is 0 Å². The van der Waals surface area contributed by atoms with Crippen molar-refractivity contribution in [2.24, 2.45) is 5.92 Å². The molecule has 23 heavy (non-hydrogen) atoms. The third-order valence-electron chi connectivity index (χ3n) is 3.69. The molecule has 0 aliphatic heterocycles. The second-order valence-corrected chi connectivity index (χ2v) is 6.22. The molecule has 8 heteroatoms. The Morgan fingerprint density at radius 3 is 2.78 bits per heavy atom. The van der Waals surface area contributed by atoms with Crippen molar-refractivity contribution in [3.63, 3.8) is 0 Å². The number of carboxylic acid groups (broad SMARTS) is 1. The lowest BCUT2D eigenvalue weighted by atomic mass is 10.1. The van der Waals surface area contributed by atoms with Gasteiger partial charge in [0.1, 0.15) is 6.54 Å². The van der Waals surface area contributed by atoms with Crippen molar-refractivity contribution in [3.8, 4) is 0 Å². The smallest absolute Gasteiger partial charge is 0.325 e. The van der Waals surface area contributed by atoms with Gasteiger partial charge in [0.25, 0.3) is 0 Å². The maximum atomic E-state index is 12.2. The lowest BCUT2D eigenvalue weighted by molar-refractivity contribution is -0.137. The summed E-state index contributed by atoms with van der Waals surface area (Å²) in [5.74, 6) is -0.812. The van der Waals surface area contributed by atoms with E-state index < -0.39 is 5.97 Å². The number of aromatic nitrogens is 2. The molecule has 1 aliphatic rings. The lowest BCUT2D eigenvalue weighted by Crippen LogP contribution is -2.16. The number of nitrogens with zero attached hydrogens (tertiary/aromatic N) is 2. The molecule has 0 spiro atoms. The summed E-state index contributed by atoms with van der Waals surface area (Å²) in [7, 11) is 0. The summed E-state index contributed by atoms with van der Waals surface area (Å²) in [6, 6.07) is 6.94. The number of carbonyl (C=O) groups is 2. The van der Waals surface area contributed by atoms with Crippen LogP contribution in [-0.2, 0) is 16.1 Å². The highest BCUT2D eigenvalue weighted by molar-refractivity contribution is 6.42. The van der Waals surface area contributed by atoms with Crippen molar-refractivity contribution in [1.82, 2.24) is 9.78 Å². The van der Waals surface area contributed by atoms with Crippen LogP contribution in [0.3, 0.4) is 0 Å². The third-order valence-corrected chi connectivity index (χ3v) is 4.43. The Balaban J connectivity index is 1.60. The summed E-state index contributed by atoms with van der Waals surface area (Å²) in [4.78, 5) is 22.8. The van der Waals surface area contributed by atoms with Crippen molar-refractivity contribution in [3.05, 3.63) is 46.1 Å². The number of amides is 1. The molecule has 1 fully saturated rings. The van der Waals surface area contributed by atoms with Crippen molar-refractivity contribution in [1.29, 1.82) is 0 Å². The lowest BCUT2D eigenvalue weighted by Gasteiger charge is -2.03. The molecule has 2 unspecified atom stereocenters. The van der Waals surface area contributed by atoms with Crippen molar-refractivity contribution in [2.45, 2.75) is 18.9 Å². The number of hydrogen-bond donors (Lipinski definition) is 2. The van der Waals surface area contributed by atoms with E-state index >= 15 is 0 Å². The highest BCUT2D eigenvalue weighted by Crippen LogP contribution is 2.48. The molecule has 1 aromatic heterocycles. The van der Waals surface area contributed by atoms with Gasteiger partial charge in [-0.1, -0.05) is 29.3 Å². The molecular formula is C15H13Cl2N3O3. The van der Waals surface area contributed by atoms with Crippen LogP contribution in [0.1, 0.15) is 17.9 Å². The van der Waals surface area contributed by atoms with Gasteiger partial charge in [-0.15, -0.1) is 0 Å². The molecule has 0 radical (unpaired) electrons. The predicted octanol–water partition coefficient (Wildman–Crippen LogP) is 3.02. The summed E-state index contributed by atoms with van der Waals surface area (Å²) in [5, 5.41) is 16.3. The Morgan fingerprint density at radius 1 is 1.30 bits per heavy atom. The molecule has 2 atom stereocenters. The molecule has 1 amide bonds. The van der Waals surface area contributed by atoms with Gasteiger partial charge in [0, 0.05) is 18.2 Å². The first-order valence-corrected chi connectivity index (χ1v) is 7.70. The Labute approximate surface area is 142 Å². The number of aliphatic carboxylic acids is 1. The van der Waals surface area contributed by atoms with E-state index in [1.54, 1.807) is 18.2 Å². The number of hydrogen-bond acceptors (Lipinski definition) is 3. The highest BCUT2D eigenvalue weighted by Gasteiger charge is 2.44. The van der Waals surface area contributed by atoms with Crippen LogP contribution in [0, 0.1) is 5.92 Å². The van der Waals surface area contributed by atoms with Crippen LogP contribution in [0.15, 0.2) is 30.5 Å². The quantitative estimate of drug-likeness (QED) is 0.865. The number of carbonyl (C=O) groups excluding carboxylic acids is 1. The van der Waals surface area contributed by atoms with Gasteiger partial charge in [-0.25, -0.2) is 0 Å². The molecule has 1 heterocycles. The topological polar surface area (TPSA) is 84.2 Å². The third kappa shape index (κ3) is 3.65. The summed E-state index contributed by atoms with van der Waals surface area (Å²) in [6.45, 7) is -0.245. The molecule has 2 N–H and O–H groups in total. The van der Waals surface area contributed by atoms with Crippen LogP contribution in [0.2, 0.25) is 10.0 Å². The molecule has 0 saturated heterocycles. The number of nitrogens with one attached hydrogen (secondary N) is 1. The van der Waals surface area contributed by atoms with E-state index in [1.807, 2.05) is 6.07 Å². The second kappa shape index (κ2) is 6.22. The van der Waals surface area contributed by atoms with Gasteiger partial charge in [-0.05, 0) is 30.0 Å². The Kier molecular flexibility index (Phi) is 4.28. The summed E-state index contributed by atoms with van der Waals surface area (Å²) >= 11 is 11.9. The second-order valence-electron chi connectivity index (χ2n) is 5.40. The van der Waals surface area contributed by atoms with Gasteiger partial charge < -0.3 is 10.4 Å². The summed E-state index contributed by atoms with van der Waals surface area (Å²) in [5.41, 5.74) is 0.982. The van der Waals surface area contributed by atoms with Crippen molar-refractivity contribution >= 4 is 40.9 Å². The zero-order valence-electron chi connectivity index (χ0n) is 11.9. The minimum absolute atomic E-state index is 0.117. The molecule has 6 nitrogen and oxygen atoms in total. The molecule has 1 aliphatic carbocycles. The standard InChI is InChI=1S/C15H13Cl2N3O3/c16-11-2-1-8(5-12(11)17)9-6-10(9)15(23)18-13-3-4-20(19-13)7-14(21)22/h1-5,9-10H,6-7H2,(H,21,22)(H,18,19,23). The predicted molar refractivity (Wildman–Crippen MR) is 85.8 cm³/mol. The number of carboxylic acids is 1. The zero-order chi connectivity index (χ0) is 16.6. The van der Waals surface area contributed by atoms with Gasteiger partial charge in [0.05, 0.1) is 10.0 Å². The normalized spacial score (nSPS) is 19.4. The zero-order valence-corrected chi connectivity index (χ0v) is 13.4. The number of anilines is 1. The van der Waals surface area contributed by atoms with Gasteiger partial charge in [0.15, 0.2) is 5.82 Å². The molecule has 1 aromatic carbocycles. The maximum Gasteiger partial charge on any atom is 0.325 e. The average molecular weight is 354 g/mol. The van der Waals surface area contributed by atoms with E-state index in [-0.39, 0.29) is 24.3 Å². The monoisotopic (exact) mass is 353 g/mol. The fourth-order valence-electron chi connectivity index (χ4n) is 2.47. The van der Waals surface area contributed by atoms with Gasteiger partial charge >= 0.3 is 5.97 Å². The fraction of sp³-hybridized carbons (Fsp3) is 0.267. The Bertz CT molecular complexity index is 775. The fourth-order valence-corrected chi connectivity index (χ4v) is 2.78. The van der Waals surface area contributed by atoms with E-state index in [9.17, 15) is 9.59 Å². The van der Waals surface area contributed by atoms with Crippen molar-refractivity contribution in [2.75, 3.05) is 5.32 Å². The largest absolute Gasteiger partial charge is 0.480 e. The number of rotatable bonds is 5. The van der Waals surface area contributed by atoms with Gasteiger partial charge in [0.2, 0.25) is 5.91 Å². The van der Waals surface area contributed by atoms with E-state index in [2.05, 4.69) is 10.4 Å². The van der Waals surface area contributed by atoms with E-state index in [0.29, 0.717) is 15.9 Å². The first kappa shape index (κ1) is 15.8. The molecule has 1 saturated carbocycles. The van der Waals surface area contributed by atoms with Gasteiger partial charge in [-0.3, -0.25) is 14.3 Å². The molecular weight excluding hydrogens is 341 g/mol. The summed E-state index contributed by atoms with van der Waals surface area (Å²) < 4.78 is 1.25. The van der Waals surface area contributed by atoms with Crippen LogP contribution >= 0.6 is 23.2 Å². The Hall–Kier alpha value is -2.05. The van der Waals surface area contributed by atoms with Crippen LogP contribution in [-0.4, -0.2) is 26.8 Å². The van der Waals surface area contributed by atoms with E-state index in [0.717, 1.165) is 12.0 Å². The van der Waals surface area contributed by atoms with Crippen LogP contribution < -0.4 is 5.32 Å². The van der Waals surface area contributed by atoms with Gasteiger partial charge in [-0.2, -0.15) is 5.10 Å². The first-order valence-electron chi connectivity index (χ1n) is 6.95. The van der Waals surface area contributed by atoms with E-state index in [4.69, 9.17) is 28.3 Å². The average Bonchev–Trinajstić information content (AvgIpc) is 3.17.